The van der Waals surface area contributed by atoms with E-state index in [0.717, 1.165) is 0 Å². The van der Waals surface area contributed by atoms with Crippen LogP contribution in [-0.4, -0.2) is 23.7 Å². The van der Waals surface area contributed by atoms with Gasteiger partial charge in [0.15, 0.2) is 17.2 Å². The first-order valence-corrected chi connectivity index (χ1v) is 6.17. The largest absolute Gasteiger partial charge is 0.448 e. The number of furan rings is 1. The summed E-state index contributed by atoms with van der Waals surface area (Å²) in [4.78, 5) is 12.0. The average molecular weight is 265 g/mol. The summed E-state index contributed by atoms with van der Waals surface area (Å²) in [5, 5.41) is 12.3. The number of benzene rings is 1. The fourth-order valence-electron chi connectivity index (χ4n) is 1.95. The molecular weight excluding hydrogens is 249 g/mol. The maximum absolute atomic E-state index is 13.6. The van der Waals surface area contributed by atoms with Crippen molar-refractivity contribution in [1.82, 2.24) is 5.32 Å². The van der Waals surface area contributed by atoms with Gasteiger partial charge >= 0.3 is 0 Å². The lowest BCUT2D eigenvalue weighted by atomic mass is 10.1. The van der Waals surface area contributed by atoms with E-state index in [2.05, 4.69) is 5.32 Å². The standard InChI is InChI=1S/C14H16FNO3/c1-3-9(7-17)16-14(18)12-8(2)10-5-4-6-11(15)13(10)19-12/h4-6,9,17H,3,7H2,1-2H3,(H,16,18)/t9-/m0/s1. The van der Waals surface area contributed by atoms with Crippen LogP contribution in [-0.2, 0) is 0 Å². The first-order chi connectivity index (χ1) is 9.08. The molecule has 4 nitrogen and oxygen atoms in total. The van der Waals surface area contributed by atoms with Crippen molar-refractivity contribution >= 4 is 16.9 Å². The normalized spacial score (nSPS) is 12.6. The number of nitrogens with one attached hydrogen (secondary N) is 1. The number of hydrogen-bond acceptors (Lipinski definition) is 3. The number of rotatable bonds is 4. The highest BCUT2D eigenvalue weighted by atomic mass is 19.1. The van der Waals surface area contributed by atoms with Crippen LogP contribution in [0.4, 0.5) is 4.39 Å². The van der Waals surface area contributed by atoms with Crippen LogP contribution < -0.4 is 5.32 Å². The van der Waals surface area contributed by atoms with E-state index in [1.807, 2.05) is 6.92 Å². The van der Waals surface area contributed by atoms with E-state index >= 15 is 0 Å². The van der Waals surface area contributed by atoms with Gasteiger partial charge in [-0.3, -0.25) is 4.79 Å². The first-order valence-electron chi connectivity index (χ1n) is 6.17. The molecule has 0 radical (unpaired) electrons. The number of aliphatic hydroxyl groups is 1. The molecule has 1 amide bonds. The van der Waals surface area contributed by atoms with E-state index in [-0.39, 0.29) is 24.0 Å². The molecular formula is C14H16FNO3. The molecule has 1 aromatic heterocycles. The van der Waals surface area contributed by atoms with Crippen LogP contribution in [0.2, 0.25) is 0 Å². The third-order valence-corrected chi connectivity index (χ3v) is 3.17. The van der Waals surface area contributed by atoms with Crippen molar-refractivity contribution in [2.45, 2.75) is 26.3 Å². The summed E-state index contributed by atoms with van der Waals surface area (Å²) in [6, 6.07) is 4.24. The van der Waals surface area contributed by atoms with Crippen LogP contribution in [0.3, 0.4) is 0 Å². The van der Waals surface area contributed by atoms with E-state index in [9.17, 15) is 9.18 Å². The van der Waals surface area contributed by atoms with Gasteiger partial charge in [-0.05, 0) is 19.4 Å². The lowest BCUT2D eigenvalue weighted by Gasteiger charge is -2.12. The second-order valence-electron chi connectivity index (χ2n) is 4.43. The molecule has 102 valence electrons. The van der Waals surface area contributed by atoms with Crippen molar-refractivity contribution in [3.63, 3.8) is 0 Å². The van der Waals surface area contributed by atoms with Gasteiger partial charge in [0, 0.05) is 10.9 Å². The van der Waals surface area contributed by atoms with Crippen LogP contribution in [0.15, 0.2) is 22.6 Å². The van der Waals surface area contributed by atoms with Crippen molar-refractivity contribution in [2.75, 3.05) is 6.61 Å². The van der Waals surface area contributed by atoms with Crippen molar-refractivity contribution in [2.24, 2.45) is 0 Å². The molecule has 1 atom stereocenters. The number of para-hydroxylation sites is 1. The van der Waals surface area contributed by atoms with Gasteiger partial charge in [0.1, 0.15) is 0 Å². The number of carbonyl (C=O) groups is 1. The summed E-state index contributed by atoms with van der Waals surface area (Å²) in [6.07, 6.45) is 0.607. The lowest BCUT2D eigenvalue weighted by molar-refractivity contribution is 0.0888. The zero-order valence-corrected chi connectivity index (χ0v) is 10.9. The smallest absolute Gasteiger partial charge is 0.287 e. The highest BCUT2D eigenvalue weighted by Crippen LogP contribution is 2.27. The lowest BCUT2D eigenvalue weighted by Crippen LogP contribution is -2.37. The Morgan fingerprint density at radius 2 is 2.26 bits per heavy atom. The van der Waals surface area contributed by atoms with Gasteiger partial charge in [0.05, 0.1) is 12.6 Å². The van der Waals surface area contributed by atoms with Gasteiger partial charge in [-0.25, -0.2) is 4.39 Å². The van der Waals surface area contributed by atoms with Crippen molar-refractivity contribution in [3.05, 3.63) is 35.3 Å². The summed E-state index contributed by atoms with van der Waals surface area (Å²) < 4.78 is 18.9. The van der Waals surface area contributed by atoms with Gasteiger partial charge in [0.2, 0.25) is 0 Å². The van der Waals surface area contributed by atoms with E-state index in [4.69, 9.17) is 9.52 Å². The van der Waals surface area contributed by atoms with Gasteiger partial charge in [-0.15, -0.1) is 0 Å². The summed E-state index contributed by atoms with van der Waals surface area (Å²) in [5.74, 6) is -0.838. The quantitative estimate of drug-likeness (QED) is 0.892. The Labute approximate surface area is 110 Å². The second-order valence-corrected chi connectivity index (χ2v) is 4.43. The third kappa shape index (κ3) is 2.46. The highest BCUT2D eigenvalue weighted by Gasteiger charge is 2.21. The van der Waals surface area contributed by atoms with E-state index in [1.54, 1.807) is 19.1 Å². The van der Waals surface area contributed by atoms with Crippen LogP contribution >= 0.6 is 0 Å². The van der Waals surface area contributed by atoms with Gasteiger partial charge in [-0.2, -0.15) is 0 Å². The zero-order chi connectivity index (χ0) is 14.0. The van der Waals surface area contributed by atoms with Crippen molar-refractivity contribution in [1.29, 1.82) is 0 Å². The summed E-state index contributed by atoms with van der Waals surface area (Å²) in [7, 11) is 0. The van der Waals surface area contributed by atoms with Gasteiger partial charge < -0.3 is 14.8 Å². The summed E-state index contributed by atoms with van der Waals surface area (Å²) >= 11 is 0. The van der Waals surface area contributed by atoms with Gasteiger partial charge in [0.25, 0.3) is 5.91 Å². The van der Waals surface area contributed by atoms with Gasteiger partial charge in [-0.1, -0.05) is 19.1 Å². The molecule has 19 heavy (non-hydrogen) atoms. The summed E-state index contributed by atoms with van der Waals surface area (Å²) in [6.45, 7) is 3.42. The number of amides is 1. The van der Waals surface area contributed by atoms with E-state index in [1.165, 1.54) is 6.07 Å². The van der Waals surface area contributed by atoms with Crippen molar-refractivity contribution in [3.8, 4) is 0 Å². The number of aryl methyl sites for hydroxylation is 1. The Morgan fingerprint density at radius 1 is 1.53 bits per heavy atom. The molecule has 0 aliphatic carbocycles. The average Bonchev–Trinajstić information content (AvgIpc) is 2.75. The highest BCUT2D eigenvalue weighted by molar-refractivity contribution is 5.99. The molecule has 2 N–H and O–H groups in total. The maximum atomic E-state index is 13.6. The predicted molar refractivity (Wildman–Crippen MR) is 69.5 cm³/mol. The minimum Gasteiger partial charge on any atom is -0.448 e. The number of hydrogen-bond donors (Lipinski definition) is 2. The fraction of sp³-hybridized carbons (Fsp3) is 0.357. The molecule has 0 aliphatic heterocycles. The molecule has 0 aliphatic rings. The number of carbonyl (C=O) groups excluding carboxylic acids is 1. The number of aliphatic hydroxyl groups excluding tert-OH is 1. The SMILES string of the molecule is CC[C@@H](CO)NC(=O)c1oc2c(F)cccc2c1C. The van der Waals surface area contributed by atoms with Crippen LogP contribution in [0.5, 0.6) is 0 Å². The molecule has 1 heterocycles. The van der Waals surface area contributed by atoms with E-state index in [0.29, 0.717) is 17.4 Å². The Kier molecular flexibility index (Phi) is 3.85. The minimum atomic E-state index is -0.492. The molecule has 0 bridgehead atoms. The molecule has 0 fully saturated rings. The molecule has 0 spiro atoms. The maximum Gasteiger partial charge on any atom is 0.287 e. The monoisotopic (exact) mass is 265 g/mol. The van der Waals surface area contributed by atoms with Crippen molar-refractivity contribution < 1.29 is 18.7 Å². The zero-order valence-electron chi connectivity index (χ0n) is 10.9. The topological polar surface area (TPSA) is 62.5 Å². The molecule has 2 aromatic rings. The fourth-order valence-corrected chi connectivity index (χ4v) is 1.95. The minimum absolute atomic E-state index is 0.0854. The Hall–Kier alpha value is -1.88. The molecule has 0 saturated carbocycles. The molecule has 2 rings (SSSR count). The van der Waals surface area contributed by atoms with Crippen LogP contribution in [0.1, 0.15) is 29.5 Å². The molecule has 0 unspecified atom stereocenters. The third-order valence-electron chi connectivity index (χ3n) is 3.17. The second kappa shape index (κ2) is 5.40. The first kappa shape index (κ1) is 13.5. The Bertz CT molecular complexity index is 602. The Morgan fingerprint density at radius 3 is 2.84 bits per heavy atom. The molecule has 0 saturated heterocycles. The molecule has 1 aromatic carbocycles. The Balaban J connectivity index is 2.38. The summed E-state index contributed by atoms with van der Waals surface area (Å²) in [5.41, 5.74) is 0.682. The van der Waals surface area contributed by atoms with Crippen LogP contribution in [0.25, 0.3) is 11.0 Å². The number of halogens is 1. The predicted octanol–water partition coefficient (Wildman–Crippen LogP) is 2.38. The van der Waals surface area contributed by atoms with E-state index < -0.39 is 11.7 Å². The molecule has 5 heteroatoms. The number of fused-ring (bicyclic) bond motifs is 1. The van der Waals surface area contributed by atoms with Crippen LogP contribution in [0, 0.1) is 12.7 Å².